The van der Waals surface area contributed by atoms with Gasteiger partial charge in [-0.1, -0.05) is 146 Å². The fraction of sp³-hybridized carbons (Fsp3) is 0.0323. The van der Waals surface area contributed by atoms with Gasteiger partial charge in [-0.05, 0) is 129 Å². The summed E-state index contributed by atoms with van der Waals surface area (Å²) in [6, 6.07) is 74.3. The first-order valence-corrected chi connectivity index (χ1v) is 22.7. The molecule has 0 atom stereocenters. The number of fused-ring (bicyclic) bond motifs is 10. The standard InChI is InChI=1S/C62H40N2O2/c1-37-35-41-27-32-50(64(44-19-7-4-8-20-44)52-26-14-24-48-60-46-22-12-10-16-40(46)30-34-54(60)66-62(48)52)56-38(2)36-42-28-31-49(55(37)57(42)58(41)56)63(43-17-5-3-6-18-43)51-25-13-23-47-59-45-21-11-9-15-39(45)29-33-53(59)65-61(47)51/h3-36H,1-2H3. The highest BCUT2D eigenvalue weighted by Crippen LogP contribution is 2.52. The molecule has 2 heterocycles. The summed E-state index contributed by atoms with van der Waals surface area (Å²) < 4.78 is 13.9. The molecule has 0 saturated heterocycles. The summed E-state index contributed by atoms with van der Waals surface area (Å²) in [6.07, 6.45) is 0. The number of para-hydroxylation sites is 4. The van der Waals surface area contributed by atoms with E-state index in [0.29, 0.717) is 0 Å². The van der Waals surface area contributed by atoms with Gasteiger partial charge in [0.15, 0.2) is 11.2 Å². The molecule has 2 aromatic heterocycles. The molecule has 4 nitrogen and oxygen atoms in total. The molecule has 0 fully saturated rings. The zero-order chi connectivity index (χ0) is 43.6. The van der Waals surface area contributed by atoms with Crippen LogP contribution in [0, 0.1) is 13.8 Å². The third-order valence-corrected chi connectivity index (χ3v) is 13.9. The highest BCUT2D eigenvalue weighted by Gasteiger charge is 2.27. The van der Waals surface area contributed by atoms with Crippen LogP contribution in [0.4, 0.5) is 34.1 Å². The molecule has 0 aliphatic carbocycles. The quantitative estimate of drug-likeness (QED) is 0.156. The predicted octanol–water partition coefficient (Wildman–Crippen LogP) is 18.2. The molecule has 0 radical (unpaired) electrons. The maximum Gasteiger partial charge on any atom is 0.159 e. The number of anilines is 6. The molecule has 0 unspecified atom stereocenters. The zero-order valence-electron chi connectivity index (χ0n) is 36.3. The monoisotopic (exact) mass is 844 g/mol. The first-order valence-electron chi connectivity index (χ1n) is 22.7. The molecule has 0 saturated carbocycles. The van der Waals surface area contributed by atoms with Crippen molar-refractivity contribution in [1.82, 2.24) is 0 Å². The molecule has 0 aliphatic rings. The minimum absolute atomic E-state index is 0.862. The summed E-state index contributed by atoms with van der Waals surface area (Å²) in [7, 11) is 0. The fourth-order valence-electron chi connectivity index (χ4n) is 11.2. The maximum absolute atomic E-state index is 6.93. The second-order valence-corrected chi connectivity index (χ2v) is 17.7. The molecule has 12 aromatic carbocycles. The fourth-order valence-corrected chi connectivity index (χ4v) is 11.2. The lowest BCUT2D eigenvalue weighted by molar-refractivity contribution is 0.669. The van der Waals surface area contributed by atoms with E-state index in [0.717, 1.165) is 78.0 Å². The van der Waals surface area contributed by atoms with Crippen molar-refractivity contribution in [2.24, 2.45) is 0 Å². The van der Waals surface area contributed by atoms with Crippen molar-refractivity contribution in [3.05, 3.63) is 217 Å². The van der Waals surface area contributed by atoms with Gasteiger partial charge in [0.1, 0.15) is 11.2 Å². The Morgan fingerprint density at radius 1 is 0.288 bits per heavy atom. The second-order valence-electron chi connectivity index (χ2n) is 17.7. The highest BCUT2D eigenvalue weighted by atomic mass is 16.3. The summed E-state index contributed by atoms with van der Waals surface area (Å²) in [5, 5.41) is 16.6. The largest absolute Gasteiger partial charge is 0.454 e. The van der Waals surface area contributed by atoms with Crippen molar-refractivity contribution in [3.63, 3.8) is 0 Å². The van der Waals surface area contributed by atoms with Gasteiger partial charge in [0, 0.05) is 43.7 Å². The second kappa shape index (κ2) is 13.9. The summed E-state index contributed by atoms with van der Waals surface area (Å²) in [4.78, 5) is 4.81. The van der Waals surface area contributed by atoms with Gasteiger partial charge in [-0.3, -0.25) is 0 Å². The summed E-state index contributed by atoms with van der Waals surface area (Å²) >= 11 is 0. The van der Waals surface area contributed by atoms with Gasteiger partial charge in [0.05, 0.1) is 22.7 Å². The van der Waals surface area contributed by atoms with E-state index in [4.69, 9.17) is 8.83 Å². The van der Waals surface area contributed by atoms with E-state index in [1.165, 1.54) is 65.0 Å². The third kappa shape index (κ3) is 5.21. The molecular formula is C62H40N2O2. The highest BCUT2D eigenvalue weighted by molar-refractivity contribution is 6.31. The Labute approximate surface area is 380 Å². The van der Waals surface area contributed by atoms with E-state index in [1.807, 2.05) is 0 Å². The lowest BCUT2D eigenvalue weighted by atomic mass is 9.87. The number of hydrogen-bond donors (Lipinski definition) is 0. The third-order valence-electron chi connectivity index (χ3n) is 13.9. The Morgan fingerprint density at radius 2 is 0.682 bits per heavy atom. The molecule has 0 aliphatic heterocycles. The van der Waals surface area contributed by atoms with Crippen LogP contribution >= 0.6 is 0 Å². The first kappa shape index (κ1) is 36.8. The van der Waals surface area contributed by atoms with Crippen molar-refractivity contribution in [2.75, 3.05) is 9.80 Å². The minimum atomic E-state index is 0.862. The summed E-state index contributed by atoms with van der Waals surface area (Å²) in [5.74, 6) is 0. The predicted molar refractivity (Wildman–Crippen MR) is 279 cm³/mol. The van der Waals surface area contributed by atoms with Gasteiger partial charge >= 0.3 is 0 Å². The van der Waals surface area contributed by atoms with E-state index in [1.54, 1.807) is 0 Å². The van der Waals surface area contributed by atoms with Crippen LogP contribution in [0.15, 0.2) is 215 Å². The lowest BCUT2D eigenvalue weighted by Crippen LogP contribution is -2.12. The first-order chi connectivity index (χ1) is 32.6. The Hall–Kier alpha value is -8.60. The Morgan fingerprint density at radius 3 is 1.14 bits per heavy atom. The Kier molecular flexibility index (Phi) is 7.79. The van der Waals surface area contributed by atoms with Gasteiger partial charge in [0.25, 0.3) is 0 Å². The van der Waals surface area contributed by atoms with Crippen molar-refractivity contribution in [1.29, 1.82) is 0 Å². The SMILES string of the molecule is Cc1cc2ccc(N(c3ccccc3)c3cccc4c3oc3ccc5ccccc5c34)c3c(C)cc4ccc(N(c5ccccc5)c5cccc6c5oc5ccc7ccccc7c56)c1c4c23. The van der Waals surface area contributed by atoms with Gasteiger partial charge < -0.3 is 18.6 Å². The maximum atomic E-state index is 6.93. The van der Waals surface area contributed by atoms with E-state index >= 15 is 0 Å². The number of aryl methyl sites for hydroxylation is 2. The zero-order valence-corrected chi connectivity index (χ0v) is 36.3. The van der Waals surface area contributed by atoms with Crippen molar-refractivity contribution in [2.45, 2.75) is 13.8 Å². The average Bonchev–Trinajstić information content (AvgIpc) is 3.95. The van der Waals surface area contributed by atoms with E-state index in [2.05, 4.69) is 230 Å². The van der Waals surface area contributed by atoms with Crippen molar-refractivity contribution >= 4 is 132 Å². The van der Waals surface area contributed by atoms with Crippen LogP contribution in [0.5, 0.6) is 0 Å². The Bertz CT molecular complexity index is 3980. The molecule has 0 bridgehead atoms. The van der Waals surface area contributed by atoms with Gasteiger partial charge in [-0.15, -0.1) is 0 Å². The average molecular weight is 845 g/mol. The molecule has 0 amide bonds. The number of furan rings is 2. The van der Waals surface area contributed by atoms with E-state index in [-0.39, 0.29) is 0 Å². The summed E-state index contributed by atoms with van der Waals surface area (Å²) in [5.41, 5.74) is 12.2. The molecule has 4 heteroatoms. The van der Waals surface area contributed by atoms with E-state index in [9.17, 15) is 0 Å². The van der Waals surface area contributed by atoms with Crippen molar-refractivity contribution < 1.29 is 8.83 Å². The van der Waals surface area contributed by atoms with Crippen LogP contribution in [0.2, 0.25) is 0 Å². The molecule has 14 rings (SSSR count). The number of rotatable bonds is 6. The van der Waals surface area contributed by atoms with Crippen molar-refractivity contribution in [3.8, 4) is 0 Å². The van der Waals surface area contributed by atoms with E-state index < -0.39 is 0 Å². The van der Waals surface area contributed by atoms with Gasteiger partial charge in [-0.25, -0.2) is 0 Å². The smallest absolute Gasteiger partial charge is 0.159 e. The molecule has 0 spiro atoms. The van der Waals surface area contributed by atoms with Crippen LogP contribution < -0.4 is 9.80 Å². The molecule has 0 N–H and O–H groups in total. The van der Waals surface area contributed by atoms with Crippen LogP contribution in [-0.4, -0.2) is 0 Å². The van der Waals surface area contributed by atoms with Crippen LogP contribution in [-0.2, 0) is 0 Å². The van der Waals surface area contributed by atoms with Gasteiger partial charge in [-0.2, -0.15) is 0 Å². The van der Waals surface area contributed by atoms with Crippen LogP contribution in [0.3, 0.4) is 0 Å². The molecule has 14 aromatic rings. The lowest BCUT2D eigenvalue weighted by Gasteiger charge is -2.30. The Balaban J connectivity index is 1.05. The molecule has 310 valence electrons. The number of nitrogens with zero attached hydrogens (tertiary/aromatic N) is 2. The number of benzene rings is 12. The topological polar surface area (TPSA) is 32.8 Å². The van der Waals surface area contributed by atoms with Crippen LogP contribution in [0.1, 0.15) is 11.1 Å². The summed E-state index contributed by atoms with van der Waals surface area (Å²) in [6.45, 7) is 4.53. The number of hydrogen-bond acceptors (Lipinski definition) is 4. The molecular weight excluding hydrogens is 805 g/mol. The minimum Gasteiger partial charge on any atom is -0.454 e. The normalized spacial score (nSPS) is 12.1. The molecule has 66 heavy (non-hydrogen) atoms. The van der Waals surface area contributed by atoms with Gasteiger partial charge in [0.2, 0.25) is 0 Å². The van der Waals surface area contributed by atoms with Crippen LogP contribution in [0.25, 0.3) is 97.7 Å².